The summed E-state index contributed by atoms with van der Waals surface area (Å²) in [5, 5.41) is 0.607. The average Bonchev–Trinajstić information content (AvgIpc) is 2.65. The molecule has 0 atom stereocenters. The summed E-state index contributed by atoms with van der Waals surface area (Å²) in [5.41, 5.74) is 4.71. The van der Waals surface area contributed by atoms with Crippen LogP contribution < -0.4 is 5.56 Å². The Labute approximate surface area is 150 Å². The molecule has 1 N–H and O–H groups in total. The zero-order chi connectivity index (χ0) is 17.9. The van der Waals surface area contributed by atoms with E-state index in [2.05, 4.69) is 26.0 Å². The van der Waals surface area contributed by atoms with Crippen molar-refractivity contribution in [3.8, 4) is 0 Å². The number of nitrogens with one attached hydrogen (secondary N) is 1. The van der Waals surface area contributed by atoms with Gasteiger partial charge in [0.25, 0.3) is 5.56 Å². The van der Waals surface area contributed by atoms with E-state index in [1.807, 2.05) is 55.7 Å². The predicted molar refractivity (Wildman–Crippen MR) is 101 cm³/mol. The van der Waals surface area contributed by atoms with Crippen LogP contribution in [0.15, 0.2) is 65.7 Å². The molecule has 128 valence electrons. The van der Waals surface area contributed by atoms with Gasteiger partial charge >= 0.3 is 0 Å². The predicted octanol–water partition coefficient (Wildman–Crippen LogP) is 3.20. The molecule has 0 aliphatic rings. The maximum Gasteiger partial charge on any atom is 0.258 e. The zero-order valence-electron chi connectivity index (χ0n) is 14.4. The fraction of sp³-hybridized carbons (Fsp3) is 0.143. The van der Waals surface area contributed by atoms with Crippen molar-refractivity contribution in [3.63, 3.8) is 0 Å². The molecule has 0 aliphatic carbocycles. The molecule has 1 aromatic carbocycles. The van der Waals surface area contributed by atoms with Gasteiger partial charge in [0.2, 0.25) is 0 Å². The lowest BCUT2D eigenvalue weighted by atomic mass is 10.1. The molecule has 4 aromatic rings. The van der Waals surface area contributed by atoms with E-state index >= 15 is 0 Å². The van der Waals surface area contributed by atoms with Crippen molar-refractivity contribution in [2.75, 3.05) is 0 Å². The molecule has 0 unspecified atom stereocenters. The van der Waals surface area contributed by atoms with Crippen LogP contribution in [0.2, 0.25) is 0 Å². The summed E-state index contributed by atoms with van der Waals surface area (Å²) in [5.74, 6) is 0.642. The third-order valence-corrected chi connectivity index (χ3v) is 4.25. The molecule has 0 saturated heterocycles. The minimum atomic E-state index is -0.111. The Morgan fingerprint density at radius 1 is 0.885 bits per heavy atom. The second-order valence-electron chi connectivity index (χ2n) is 6.37. The van der Waals surface area contributed by atoms with Gasteiger partial charge in [0.15, 0.2) is 0 Å². The number of para-hydroxylation sites is 1. The van der Waals surface area contributed by atoms with Crippen LogP contribution in [-0.2, 0) is 12.8 Å². The minimum absolute atomic E-state index is 0.111. The van der Waals surface area contributed by atoms with E-state index in [1.165, 1.54) is 0 Å². The van der Waals surface area contributed by atoms with Gasteiger partial charge in [-0.25, -0.2) is 4.98 Å². The summed E-state index contributed by atoms with van der Waals surface area (Å²) in [4.78, 5) is 28.5. The summed E-state index contributed by atoms with van der Waals surface area (Å²) in [6.07, 6.45) is 4.94. The van der Waals surface area contributed by atoms with Gasteiger partial charge in [-0.15, -0.1) is 0 Å². The van der Waals surface area contributed by atoms with Gasteiger partial charge in [-0.2, -0.15) is 0 Å². The number of aryl methyl sites for hydroxylation is 1. The summed E-state index contributed by atoms with van der Waals surface area (Å²) in [6, 6.07) is 15.4. The number of aromatic amines is 1. The molecule has 0 bridgehead atoms. The molecular formula is C21H18N4O. The SMILES string of the molecule is Cc1ccc(Cc2ccc(Cc3nc4ccccc4c(=O)[nH]3)cn2)nc1. The summed E-state index contributed by atoms with van der Waals surface area (Å²) < 4.78 is 0. The Kier molecular flexibility index (Phi) is 4.27. The van der Waals surface area contributed by atoms with Crippen LogP contribution in [0.3, 0.4) is 0 Å². The zero-order valence-corrected chi connectivity index (χ0v) is 14.4. The van der Waals surface area contributed by atoms with Crippen LogP contribution in [0.4, 0.5) is 0 Å². The lowest BCUT2D eigenvalue weighted by Gasteiger charge is -2.05. The standard InChI is InChI=1S/C21H18N4O/c1-14-6-8-16(22-12-14)11-17-9-7-15(13-23-17)10-20-24-19-5-3-2-4-18(19)21(26)25-20/h2-9,12-13H,10-11H2,1H3,(H,24,25,26). The lowest BCUT2D eigenvalue weighted by molar-refractivity contribution is 0.949. The number of hydrogen-bond acceptors (Lipinski definition) is 4. The number of aromatic nitrogens is 4. The van der Waals surface area contributed by atoms with Gasteiger partial charge in [0.1, 0.15) is 5.82 Å². The van der Waals surface area contributed by atoms with Crippen LogP contribution in [0.1, 0.15) is 28.3 Å². The largest absolute Gasteiger partial charge is 0.310 e. The van der Waals surface area contributed by atoms with Crippen LogP contribution in [0.25, 0.3) is 10.9 Å². The highest BCUT2D eigenvalue weighted by molar-refractivity contribution is 5.77. The summed E-state index contributed by atoms with van der Waals surface area (Å²) in [7, 11) is 0. The second-order valence-corrected chi connectivity index (χ2v) is 6.37. The third-order valence-electron chi connectivity index (χ3n) is 4.25. The summed E-state index contributed by atoms with van der Waals surface area (Å²) in [6.45, 7) is 2.02. The first-order valence-corrected chi connectivity index (χ1v) is 8.51. The smallest absolute Gasteiger partial charge is 0.258 e. The van der Waals surface area contributed by atoms with Crippen molar-refractivity contribution in [3.05, 3.63) is 99.6 Å². The van der Waals surface area contributed by atoms with Crippen molar-refractivity contribution < 1.29 is 0 Å². The van der Waals surface area contributed by atoms with Gasteiger partial charge < -0.3 is 4.98 Å². The fourth-order valence-corrected chi connectivity index (χ4v) is 2.86. The Hall–Kier alpha value is -3.34. The number of rotatable bonds is 4. The number of nitrogens with zero attached hydrogens (tertiary/aromatic N) is 3. The molecule has 3 aromatic heterocycles. The van der Waals surface area contributed by atoms with Crippen molar-refractivity contribution in [1.82, 2.24) is 19.9 Å². The van der Waals surface area contributed by atoms with Gasteiger partial charge in [-0.05, 0) is 42.3 Å². The van der Waals surface area contributed by atoms with Gasteiger partial charge in [0, 0.05) is 36.6 Å². The van der Waals surface area contributed by atoms with E-state index in [-0.39, 0.29) is 5.56 Å². The van der Waals surface area contributed by atoms with Gasteiger partial charge in [0.05, 0.1) is 10.9 Å². The number of H-pyrrole nitrogens is 1. The highest BCUT2D eigenvalue weighted by Crippen LogP contribution is 2.11. The van der Waals surface area contributed by atoms with Crippen molar-refractivity contribution in [2.24, 2.45) is 0 Å². The molecule has 0 saturated carbocycles. The molecule has 0 radical (unpaired) electrons. The van der Waals surface area contributed by atoms with Crippen molar-refractivity contribution >= 4 is 10.9 Å². The first-order valence-electron chi connectivity index (χ1n) is 8.51. The molecule has 5 nitrogen and oxygen atoms in total. The average molecular weight is 342 g/mol. The molecule has 0 fully saturated rings. The topological polar surface area (TPSA) is 71.5 Å². The highest BCUT2D eigenvalue weighted by atomic mass is 16.1. The number of fused-ring (bicyclic) bond motifs is 1. The van der Waals surface area contributed by atoms with E-state index in [0.29, 0.717) is 29.6 Å². The molecule has 5 heteroatoms. The Morgan fingerprint density at radius 3 is 2.38 bits per heavy atom. The van der Waals surface area contributed by atoms with Crippen molar-refractivity contribution in [2.45, 2.75) is 19.8 Å². The van der Waals surface area contributed by atoms with Crippen LogP contribution in [-0.4, -0.2) is 19.9 Å². The molecule has 4 rings (SSSR count). The monoisotopic (exact) mass is 342 g/mol. The van der Waals surface area contributed by atoms with Crippen LogP contribution in [0, 0.1) is 6.92 Å². The molecular weight excluding hydrogens is 324 g/mol. The highest BCUT2D eigenvalue weighted by Gasteiger charge is 2.05. The molecule has 0 spiro atoms. The number of hydrogen-bond donors (Lipinski definition) is 1. The Balaban J connectivity index is 1.52. The van der Waals surface area contributed by atoms with Crippen LogP contribution >= 0.6 is 0 Å². The molecule has 0 aliphatic heterocycles. The van der Waals surface area contributed by atoms with E-state index in [0.717, 1.165) is 22.5 Å². The van der Waals surface area contributed by atoms with E-state index in [9.17, 15) is 4.79 Å². The normalized spacial score (nSPS) is 11.0. The van der Waals surface area contributed by atoms with E-state index < -0.39 is 0 Å². The number of benzene rings is 1. The second kappa shape index (κ2) is 6.88. The van der Waals surface area contributed by atoms with Crippen LogP contribution in [0.5, 0.6) is 0 Å². The van der Waals surface area contributed by atoms with E-state index in [1.54, 1.807) is 6.07 Å². The maximum absolute atomic E-state index is 12.2. The lowest BCUT2D eigenvalue weighted by Crippen LogP contribution is -2.12. The quantitative estimate of drug-likeness (QED) is 0.618. The first-order chi connectivity index (χ1) is 12.7. The van der Waals surface area contributed by atoms with Gasteiger partial charge in [-0.3, -0.25) is 14.8 Å². The molecule has 0 amide bonds. The van der Waals surface area contributed by atoms with Gasteiger partial charge in [-0.1, -0.05) is 24.3 Å². The third kappa shape index (κ3) is 3.52. The first kappa shape index (κ1) is 16.1. The van der Waals surface area contributed by atoms with E-state index in [4.69, 9.17) is 0 Å². The molecule has 26 heavy (non-hydrogen) atoms. The Bertz CT molecular complexity index is 1100. The fourth-order valence-electron chi connectivity index (χ4n) is 2.86. The minimum Gasteiger partial charge on any atom is -0.310 e. The maximum atomic E-state index is 12.2. The Morgan fingerprint density at radius 2 is 1.65 bits per heavy atom. The molecule has 3 heterocycles. The number of pyridine rings is 2. The summed E-state index contributed by atoms with van der Waals surface area (Å²) >= 11 is 0. The van der Waals surface area contributed by atoms with Crippen molar-refractivity contribution in [1.29, 1.82) is 0 Å².